The van der Waals surface area contributed by atoms with Crippen LogP contribution in [0.25, 0.3) is 0 Å². The molecular weight excluding hydrogens is 252 g/mol. The smallest absolute Gasteiger partial charge is 0.163 e. The van der Waals surface area contributed by atoms with Gasteiger partial charge in [-0.15, -0.1) is 0 Å². The third-order valence-corrected chi connectivity index (χ3v) is 4.35. The van der Waals surface area contributed by atoms with E-state index in [-0.39, 0.29) is 6.04 Å². The minimum atomic E-state index is 0.254. The van der Waals surface area contributed by atoms with Gasteiger partial charge in [-0.05, 0) is 30.4 Å². The number of ether oxygens (including phenoxy) is 2. The van der Waals surface area contributed by atoms with Gasteiger partial charge in [0, 0.05) is 30.9 Å². The van der Waals surface area contributed by atoms with E-state index >= 15 is 0 Å². The van der Waals surface area contributed by atoms with E-state index in [1.807, 2.05) is 6.07 Å². The van der Waals surface area contributed by atoms with E-state index in [1.165, 1.54) is 5.69 Å². The Hall–Kier alpha value is -1.42. The molecule has 20 heavy (non-hydrogen) atoms. The summed E-state index contributed by atoms with van der Waals surface area (Å²) >= 11 is 0. The Labute approximate surface area is 120 Å². The highest BCUT2D eigenvalue weighted by Crippen LogP contribution is 2.35. The van der Waals surface area contributed by atoms with Crippen LogP contribution >= 0.6 is 0 Å². The van der Waals surface area contributed by atoms with Gasteiger partial charge in [0.05, 0.1) is 0 Å². The molecule has 0 aliphatic carbocycles. The average molecular weight is 276 g/mol. The van der Waals surface area contributed by atoms with Gasteiger partial charge >= 0.3 is 0 Å². The van der Waals surface area contributed by atoms with Crippen LogP contribution in [-0.4, -0.2) is 32.3 Å². The summed E-state index contributed by atoms with van der Waals surface area (Å²) in [5.74, 6) is 3.03. The molecule has 4 nitrogen and oxygen atoms in total. The van der Waals surface area contributed by atoms with Crippen LogP contribution in [0, 0.1) is 11.8 Å². The van der Waals surface area contributed by atoms with Crippen molar-refractivity contribution in [1.82, 2.24) is 0 Å². The van der Waals surface area contributed by atoms with Crippen LogP contribution in [0.5, 0.6) is 11.5 Å². The normalized spacial score (nSPS) is 25.9. The molecule has 1 saturated heterocycles. The van der Waals surface area contributed by atoms with Crippen LogP contribution < -0.4 is 20.1 Å². The number of hydrogen-bond acceptors (Lipinski definition) is 4. The second kappa shape index (κ2) is 5.52. The highest BCUT2D eigenvalue weighted by Gasteiger charge is 2.27. The van der Waals surface area contributed by atoms with Crippen molar-refractivity contribution in [3.8, 4) is 11.5 Å². The average Bonchev–Trinajstić information content (AvgIpc) is 2.46. The maximum absolute atomic E-state index is 6.23. The second-order valence-electron chi connectivity index (χ2n) is 6.23. The quantitative estimate of drug-likeness (QED) is 0.900. The van der Waals surface area contributed by atoms with E-state index in [4.69, 9.17) is 15.2 Å². The van der Waals surface area contributed by atoms with Gasteiger partial charge < -0.3 is 20.1 Å². The molecule has 0 saturated carbocycles. The van der Waals surface area contributed by atoms with E-state index in [0.29, 0.717) is 25.0 Å². The van der Waals surface area contributed by atoms with Crippen molar-refractivity contribution in [3.63, 3.8) is 0 Å². The lowest BCUT2D eigenvalue weighted by atomic mass is 9.85. The minimum absolute atomic E-state index is 0.254. The SMILES string of the molecule is CC(C)C1CC(N)CN(c2ccc3c(c2)OCCO3)C1. The van der Waals surface area contributed by atoms with Crippen LogP contribution in [0.3, 0.4) is 0 Å². The number of piperidine rings is 1. The Balaban J connectivity index is 1.81. The van der Waals surface area contributed by atoms with Crippen molar-refractivity contribution in [1.29, 1.82) is 0 Å². The summed E-state index contributed by atoms with van der Waals surface area (Å²) in [5, 5.41) is 0. The molecule has 2 aliphatic rings. The van der Waals surface area contributed by atoms with Gasteiger partial charge in [0.25, 0.3) is 0 Å². The maximum atomic E-state index is 6.23. The first-order valence-electron chi connectivity index (χ1n) is 7.53. The van der Waals surface area contributed by atoms with Gasteiger partial charge in [-0.25, -0.2) is 0 Å². The summed E-state index contributed by atoms with van der Waals surface area (Å²) in [6.45, 7) is 7.82. The molecule has 0 aromatic heterocycles. The van der Waals surface area contributed by atoms with Gasteiger partial charge in [0.2, 0.25) is 0 Å². The highest BCUT2D eigenvalue weighted by molar-refractivity contribution is 5.57. The van der Waals surface area contributed by atoms with Crippen LogP contribution in [0.1, 0.15) is 20.3 Å². The number of benzene rings is 1. The first kappa shape index (κ1) is 13.6. The minimum Gasteiger partial charge on any atom is -0.486 e. The van der Waals surface area contributed by atoms with Crippen molar-refractivity contribution >= 4 is 5.69 Å². The molecule has 2 unspecified atom stereocenters. The monoisotopic (exact) mass is 276 g/mol. The van der Waals surface area contributed by atoms with Crippen molar-refractivity contribution in [2.75, 3.05) is 31.2 Å². The molecule has 1 aromatic carbocycles. The molecule has 2 atom stereocenters. The highest BCUT2D eigenvalue weighted by atomic mass is 16.6. The zero-order valence-corrected chi connectivity index (χ0v) is 12.3. The van der Waals surface area contributed by atoms with Crippen LogP contribution in [0.4, 0.5) is 5.69 Å². The Morgan fingerprint density at radius 1 is 1.15 bits per heavy atom. The first-order valence-corrected chi connectivity index (χ1v) is 7.53. The van der Waals surface area contributed by atoms with Crippen molar-refractivity contribution in [3.05, 3.63) is 18.2 Å². The number of fused-ring (bicyclic) bond motifs is 1. The molecular formula is C16H24N2O2. The van der Waals surface area contributed by atoms with Crippen LogP contribution in [0.15, 0.2) is 18.2 Å². The number of nitrogens with zero attached hydrogens (tertiary/aromatic N) is 1. The Morgan fingerprint density at radius 3 is 2.65 bits per heavy atom. The van der Waals surface area contributed by atoms with Gasteiger partial charge in [-0.2, -0.15) is 0 Å². The third kappa shape index (κ3) is 2.70. The van der Waals surface area contributed by atoms with Crippen molar-refractivity contribution in [2.45, 2.75) is 26.3 Å². The molecule has 0 bridgehead atoms. The number of rotatable bonds is 2. The largest absolute Gasteiger partial charge is 0.486 e. The summed E-state index contributed by atoms with van der Waals surface area (Å²) < 4.78 is 11.3. The van der Waals surface area contributed by atoms with Gasteiger partial charge in [-0.1, -0.05) is 13.8 Å². The molecule has 3 rings (SSSR count). The molecule has 0 radical (unpaired) electrons. The molecule has 2 heterocycles. The lowest BCUT2D eigenvalue weighted by Gasteiger charge is -2.39. The van der Waals surface area contributed by atoms with Crippen LogP contribution in [-0.2, 0) is 0 Å². The topological polar surface area (TPSA) is 47.7 Å². The zero-order valence-electron chi connectivity index (χ0n) is 12.3. The van der Waals surface area contributed by atoms with E-state index in [0.717, 1.165) is 31.0 Å². The van der Waals surface area contributed by atoms with Gasteiger partial charge in [0.15, 0.2) is 11.5 Å². The fraction of sp³-hybridized carbons (Fsp3) is 0.625. The van der Waals surface area contributed by atoms with Gasteiger partial charge in [0.1, 0.15) is 13.2 Å². The first-order chi connectivity index (χ1) is 9.63. The standard InChI is InChI=1S/C16H24N2O2/c1-11(2)12-7-13(17)10-18(9-12)14-3-4-15-16(8-14)20-6-5-19-15/h3-4,8,11-13H,5-7,9-10,17H2,1-2H3. The fourth-order valence-electron chi connectivity index (χ4n) is 3.10. The van der Waals surface area contributed by atoms with Crippen LogP contribution in [0.2, 0.25) is 0 Å². The van der Waals surface area contributed by atoms with Gasteiger partial charge in [-0.3, -0.25) is 0 Å². The molecule has 4 heteroatoms. The second-order valence-corrected chi connectivity index (χ2v) is 6.23. The lowest BCUT2D eigenvalue weighted by Crippen LogP contribution is -2.48. The van der Waals surface area contributed by atoms with E-state index in [2.05, 4.69) is 30.9 Å². The molecule has 0 amide bonds. The zero-order chi connectivity index (χ0) is 14.1. The Morgan fingerprint density at radius 2 is 1.90 bits per heavy atom. The molecule has 110 valence electrons. The summed E-state index contributed by atoms with van der Waals surface area (Å²) in [4.78, 5) is 2.39. The maximum Gasteiger partial charge on any atom is 0.163 e. The third-order valence-electron chi connectivity index (χ3n) is 4.35. The number of nitrogens with two attached hydrogens (primary N) is 1. The van der Waals surface area contributed by atoms with E-state index in [9.17, 15) is 0 Å². The van der Waals surface area contributed by atoms with E-state index in [1.54, 1.807) is 0 Å². The summed E-state index contributed by atoms with van der Waals surface area (Å²) in [6.07, 6.45) is 1.12. The Kier molecular flexibility index (Phi) is 3.74. The predicted molar refractivity (Wildman–Crippen MR) is 80.6 cm³/mol. The summed E-state index contributed by atoms with van der Waals surface area (Å²) in [5.41, 5.74) is 7.42. The van der Waals surface area contributed by atoms with Crippen molar-refractivity contribution < 1.29 is 9.47 Å². The summed E-state index contributed by atoms with van der Waals surface area (Å²) in [7, 11) is 0. The Bertz CT molecular complexity index is 476. The van der Waals surface area contributed by atoms with Crippen molar-refractivity contribution in [2.24, 2.45) is 17.6 Å². The fourth-order valence-corrected chi connectivity index (χ4v) is 3.10. The summed E-state index contributed by atoms with van der Waals surface area (Å²) in [6, 6.07) is 6.46. The molecule has 1 aromatic rings. The lowest BCUT2D eigenvalue weighted by molar-refractivity contribution is 0.171. The number of hydrogen-bond donors (Lipinski definition) is 1. The molecule has 2 N–H and O–H groups in total. The molecule has 1 fully saturated rings. The molecule has 2 aliphatic heterocycles. The van der Waals surface area contributed by atoms with E-state index < -0.39 is 0 Å². The number of anilines is 1. The predicted octanol–water partition coefficient (Wildman–Crippen LogP) is 2.27. The molecule has 0 spiro atoms.